The van der Waals surface area contributed by atoms with Gasteiger partial charge in [0.2, 0.25) is 0 Å². The van der Waals surface area contributed by atoms with Gasteiger partial charge in [0.15, 0.2) is 6.04 Å². The molecular weight excluding hydrogens is 276 g/mol. The molecular formula is C6H3F10N. The Labute approximate surface area is 87.3 Å². The Bertz CT molecular complexity index is 269. The average molecular weight is 279 g/mol. The van der Waals surface area contributed by atoms with Gasteiger partial charge < -0.3 is 0 Å². The molecule has 102 valence electrons. The Morgan fingerprint density at radius 1 is 0.824 bits per heavy atom. The van der Waals surface area contributed by atoms with Crippen molar-refractivity contribution in [1.29, 1.82) is 0 Å². The molecule has 0 aliphatic rings. The van der Waals surface area contributed by atoms with E-state index in [1.807, 2.05) is 6.58 Å². The summed E-state index contributed by atoms with van der Waals surface area (Å²) >= 11 is 0. The van der Waals surface area contributed by atoms with Crippen LogP contribution in [0.2, 0.25) is 0 Å². The summed E-state index contributed by atoms with van der Waals surface area (Å²) in [5.41, 5.74) is 0. The van der Waals surface area contributed by atoms with Gasteiger partial charge >= 0.3 is 18.8 Å². The van der Waals surface area contributed by atoms with Crippen molar-refractivity contribution in [2.45, 2.75) is 24.8 Å². The van der Waals surface area contributed by atoms with E-state index in [0.717, 1.165) is 0 Å². The van der Waals surface area contributed by atoms with E-state index in [0.29, 0.717) is 0 Å². The summed E-state index contributed by atoms with van der Waals surface area (Å²) in [4.78, 5) is -2.90. The molecule has 1 unspecified atom stereocenters. The summed E-state index contributed by atoms with van der Waals surface area (Å²) in [6.07, 6.45) is -19.0. The molecule has 0 radical (unpaired) electrons. The molecule has 0 fully saturated rings. The van der Waals surface area contributed by atoms with Gasteiger partial charge in [0.05, 0.1) is 0 Å². The van der Waals surface area contributed by atoms with Gasteiger partial charge in [-0.25, -0.2) is 4.39 Å². The molecule has 0 amide bonds. The zero-order chi connectivity index (χ0) is 14.2. The fraction of sp³-hybridized carbons (Fsp3) is 0.667. The fourth-order valence-electron chi connectivity index (χ4n) is 0.901. The third kappa shape index (κ3) is 4.06. The quantitative estimate of drug-likeness (QED) is 0.549. The van der Waals surface area contributed by atoms with Gasteiger partial charge in [-0.1, -0.05) is 6.58 Å². The Morgan fingerprint density at radius 2 is 1.12 bits per heavy atom. The highest BCUT2D eigenvalue weighted by molar-refractivity contribution is 5.02. The zero-order valence-electron chi connectivity index (χ0n) is 7.51. The van der Waals surface area contributed by atoms with Crippen molar-refractivity contribution in [1.82, 2.24) is 4.90 Å². The van der Waals surface area contributed by atoms with Crippen LogP contribution in [0, 0.1) is 0 Å². The Kier molecular flexibility index (Phi) is 4.09. The molecule has 0 aromatic carbocycles. The van der Waals surface area contributed by atoms with Gasteiger partial charge in [0, 0.05) is 0 Å². The molecule has 0 N–H and O–H groups in total. The minimum Gasteiger partial charge on any atom is -0.210 e. The van der Waals surface area contributed by atoms with Crippen LogP contribution in [-0.4, -0.2) is 29.7 Å². The summed E-state index contributed by atoms with van der Waals surface area (Å²) in [6.45, 7) is 1.84. The molecule has 0 saturated carbocycles. The maximum Gasteiger partial charge on any atom is 0.467 e. The summed E-state index contributed by atoms with van der Waals surface area (Å²) in [5.74, 6) is -2.81. The van der Waals surface area contributed by atoms with E-state index in [2.05, 4.69) is 0 Å². The van der Waals surface area contributed by atoms with Crippen LogP contribution in [0.5, 0.6) is 0 Å². The van der Waals surface area contributed by atoms with Gasteiger partial charge in [-0.2, -0.15) is 39.5 Å². The largest absolute Gasteiger partial charge is 0.467 e. The molecule has 0 heterocycles. The number of rotatable bonds is 2. The minimum atomic E-state index is -6.45. The zero-order valence-corrected chi connectivity index (χ0v) is 7.51. The first kappa shape index (κ1) is 16.0. The topological polar surface area (TPSA) is 3.24 Å². The van der Waals surface area contributed by atoms with Crippen molar-refractivity contribution >= 4 is 0 Å². The molecule has 0 spiro atoms. The molecule has 0 aromatic rings. The van der Waals surface area contributed by atoms with Crippen LogP contribution in [0.1, 0.15) is 0 Å². The average Bonchev–Trinajstić information content (AvgIpc) is 1.91. The molecule has 0 aliphatic carbocycles. The number of hydrogen-bond acceptors (Lipinski definition) is 1. The van der Waals surface area contributed by atoms with E-state index in [1.165, 1.54) is 0 Å². The van der Waals surface area contributed by atoms with Gasteiger partial charge in [-0.05, 0) is 0 Å². The van der Waals surface area contributed by atoms with Crippen LogP contribution >= 0.6 is 0 Å². The van der Waals surface area contributed by atoms with E-state index >= 15 is 0 Å². The summed E-state index contributed by atoms with van der Waals surface area (Å²) in [6, 6.07) is -4.53. The lowest BCUT2D eigenvalue weighted by atomic mass is 10.2. The van der Waals surface area contributed by atoms with E-state index in [1.54, 1.807) is 0 Å². The first-order valence-corrected chi connectivity index (χ1v) is 3.53. The van der Waals surface area contributed by atoms with Crippen molar-refractivity contribution in [3.8, 4) is 0 Å². The minimum absolute atomic E-state index is 1.84. The van der Waals surface area contributed by atoms with Gasteiger partial charge in [0.25, 0.3) is 0 Å². The number of nitrogens with zero attached hydrogens (tertiary/aromatic N) is 1. The maximum atomic E-state index is 12.2. The SMILES string of the molecule is C=C(F)C(N(C(F)(F)F)C(F)(F)F)C(F)(F)F. The van der Waals surface area contributed by atoms with Crippen LogP contribution in [0.4, 0.5) is 43.9 Å². The number of halogens is 10. The Balaban J connectivity index is 5.66. The lowest BCUT2D eigenvalue weighted by Crippen LogP contribution is -2.59. The lowest BCUT2D eigenvalue weighted by Gasteiger charge is -2.33. The number of alkyl halides is 9. The molecule has 0 saturated heterocycles. The van der Waals surface area contributed by atoms with Gasteiger partial charge in [-0.15, -0.1) is 4.90 Å². The standard InChI is InChI=1S/C6H3F10N/c1-2(7)3(4(8,9)10)17(5(11,12)13)6(14,15)16/h3H,1H2. The van der Waals surface area contributed by atoms with E-state index in [9.17, 15) is 43.9 Å². The maximum absolute atomic E-state index is 12.2. The second-order valence-corrected chi connectivity index (χ2v) is 2.70. The van der Waals surface area contributed by atoms with Crippen LogP contribution in [0.25, 0.3) is 0 Å². The van der Waals surface area contributed by atoms with E-state index < -0.39 is 35.5 Å². The molecule has 0 rings (SSSR count). The monoisotopic (exact) mass is 279 g/mol. The predicted octanol–water partition coefficient (Wildman–Crippen LogP) is 3.74. The Morgan fingerprint density at radius 3 is 1.18 bits per heavy atom. The summed E-state index contributed by atoms with van der Waals surface area (Å²) in [5, 5.41) is 0. The predicted molar refractivity (Wildman–Crippen MR) is 34.0 cm³/mol. The second-order valence-electron chi connectivity index (χ2n) is 2.70. The van der Waals surface area contributed by atoms with Crippen LogP contribution in [0.15, 0.2) is 12.4 Å². The van der Waals surface area contributed by atoms with E-state index in [-0.39, 0.29) is 0 Å². The molecule has 1 nitrogen and oxygen atoms in total. The van der Waals surface area contributed by atoms with E-state index in [4.69, 9.17) is 0 Å². The summed E-state index contributed by atoms with van der Waals surface area (Å²) < 4.78 is 119. The molecule has 0 bridgehead atoms. The van der Waals surface area contributed by atoms with Gasteiger partial charge in [-0.3, -0.25) is 0 Å². The third-order valence-corrected chi connectivity index (χ3v) is 1.41. The van der Waals surface area contributed by atoms with Crippen molar-refractivity contribution in [2.75, 3.05) is 0 Å². The van der Waals surface area contributed by atoms with Crippen LogP contribution < -0.4 is 0 Å². The van der Waals surface area contributed by atoms with Crippen molar-refractivity contribution in [3.05, 3.63) is 12.4 Å². The molecule has 1 atom stereocenters. The highest BCUT2D eigenvalue weighted by atomic mass is 19.4. The lowest BCUT2D eigenvalue weighted by molar-refractivity contribution is -0.404. The second kappa shape index (κ2) is 4.35. The first-order chi connectivity index (χ1) is 7.19. The first-order valence-electron chi connectivity index (χ1n) is 3.53. The smallest absolute Gasteiger partial charge is 0.210 e. The van der Waals surface area contributed by atoms with Crippen LogP contribution in [0.3, 0.4) is 0 Å². The molecule has 11 heteroatoms. The normalized spacial score (nSPS) is 16.2. The molecule has 0 aromatic heterocycles. The Hall–Kier alpha value is -1.00. The van der Waals surface area contributed by atoms with Crippen LogP contribution in [-0.2, 0) is 0 Å². The molecule has 0 aliphatic heterocycles. The van der Waals surface area contributed by atoms with Crippen molar-refractivity contribution in [3.63, 3.8) is 0 Å². The number of hydrogen-bond donors (Lipinski definition) is 0. The highest BCUT2D eigenvalue weighted by Gasteiger charge is 2.65. The highest BCUT2D eigenvalue weighted by Crippen LogP contribution is 2.42. The van der Waals surface area contributed by atoms with Crippen molar-refractivity contribution < 1.29 is 43.9 Å². The molecule has 17 heavy (non-hydrogen) atoms. The van der Waals surface area contributed by atoms with Gasteiger partial charge in [0.1, 0.15) is 5.83 Å². The fourth-order valence-corrected chi connectivity index (χ4v) is 0.901. The van der Waals surface area contributed by atoms with Crippen molar-refractivity contribution in [2.24, 2.45) is 0 Å². The summed E-state index contributed by atoms with van der Waals surface area (Å²) in [7, 11) is 0. The third-order valence-electron chi connectivity index (χ3n) is 1.41.